The van der Waals surface area contributed by atoms with Crippen LogP contribution in [0.5, 0.6) is 0 Å². The number of hydrogen-bond donors (Lipinski definition) is 2. The summed E-state index contributed by atoms with van der Waals surface area (Å²) in [6.45, 7) is 6.43. The average molecular weight is 543 g/mol. The first kappa shape index (κ1) is 24.5. The molecule has 2 bridgehead atoms. The quantitative estimate of drug-likeness (QED) is 0.162. The highest BCUT2D eigenvalue weighted by atomic mass is 127. The van der Waals surface area contributed by atoms with Crippen molar-refractivity contribution in [1.82, 2.24) is 20.4 Å². The summed E-state index contributed by atoms with van der Waals surface area (Å²) in [7, 11) is 1.77. The maximum atomic E-state index is 12.8. The number of unbranched alkanes of at least 4 members (excludes halogenated alkanes) is 1. The molecule has 8 heteroatoms. The molecule has 4 rings (SSSR count). The SMILES string of the molecule is CCCCN1CCCCC1CNC(=NC)NCCN1C(=O)C2C3C=CC(C3)C2C1=O.I. The summed E-state index contributed by atoms with van der Waals surface area (Å²) in [4.78, 5) is 34.0. The number of fused-ring (bicyclic) bond motifs is 5. The van der Waals surface area contributed by atoms with Crippen LogP contribution in [0, 0.1) is 23.7 Å². The van der Waals surface area contributed by atoms with E-state index in [1.54, 1.807) is 7.05 Å². The van der Waals surface area contributed by atoms with Crippen molar-refractivity contribution in [2.75, 3.05) is 39.8 Å². The van der Waals surface area contributed by atoms with Gasteiger partial charge in [0.1, 0.15) is 0 Å². The molecule has 2 N–H and O–H groups in total. The maximum Gasteiger partial charge on any atom is 0.233 e. The Morgan fingerprint density at radius 3 is 2.45 bits per heavy atom. The van der Waals surface area contributed by atoms with Crippen LogP contribution < -0.4 is 10.6 Å². The summed E-state index contributed by atoms with van der Waals surface area (Å²) in [6.07, 6.45) is 11.5. The summed E-state index contributed by atoms with van der Waals surface area (Å²) in [5.74, 6) is 1.14. The minimum Gasteiger partial charge on any atom is -0.355 e. The Morgan fingerprint density at radius 1 is 1.10 bits per heavy atom. The van der Waals surface area contributed by atoms with E-state index in [2.05, 4.69) is 39.6 Å². The average Bonchev–Trinajstić information content (AvgIpc) is 3.44. The largest absolute Gasteiger partial charge is 0.355 e. The van der Waals surface area contributed by atoms with Crippen molar-refractivity contribution in [3.63, 3.8) is 0 Å². The van der Waals surface area contributed by atoms with Gasteiger partial charge in [0.25, 0.3) is 0 Å². The van der Waals surface area contributed by atoms with E-state index in [4.69, 9.17) is 0 Å². The first-order valence-electron chi connectivity index (χ1n) is 11.9. The second-order valence-corrected chi connectivity index (χ2v) is 9.25. The van der Waals surface area contributed by atoms with Gasteiger partial charge in [-0.3, -0.25) is 24.4 Å². The number of nitrogens with zero attached hydrogens (tertiary/aromatic N) is 3. The second-order valence-electron chi connectivity index (χ2n) is 9.25. The van der Waals surface area contributed by atoms with Gasteiger partial charge in [-0.05, 0) is 50.6 Å². The van der Waals surface area contributed by atoms with E-state index in [1.807, 2.05) is 0 Å². The third-order valence-electron chi connectivity index (χ3n) is 7.47. The molecule has 2 amide bonds. The van der Waals surface area contributed by atoms with Gasteiger partial charge in [-0.15, -0.1) is 24.0 Å². The summed E-state index contributed by atoms with van der Waals surface area (Å²) in [5, 5.41) is 6.75. The van der Waals surface area contributed by atoms with E-state index < -0.39 is 0 Å². The van der Waals surface area contributed by atoms with Crippen LogP contribution >= 0.6 is 24.0 Å². The van der Waals surface area contributed by atoms with Crippen molar-refractivity contribution in [3.05, 3.63) is 12.2 Å². The third kappa shape index (κ3) is 5.10. The lowest BCUT2D eigenvalue weighted by Gasteiger charge is -2.36. The van der Waals surface area contributed by atoms with Crippen LogP contribution in [-0.4, -0.2) is 73.4 Å². The summed E-state index contributed by atoms with van der Waals surface area (Å²) < 4.78 is 0. The molecule has 5 unspecified atom stereocenters. The number of aliphatic imine (C=N–C) groups is 1. The fourth-order valence-electron chi connectivity index (χ4n) is 5.85. The van der Waals surface area contributed by atoms with Gasteiger partial charge in [0, 0.05) is 32.7 Å². The molecular formula is C23H38IN5O2. The number of amides is 2. The molecule has 2 saturated heterocycles. The lowest BCUT2D eigenvalue weighted by Crippen LogP contribution is -2.50. The zero-order valence-corrected chi connectivity index (χ0v) is 21.2. The fraction of sp³-hybridized carbons (Fsp3) is 0.783. The van der Waals surface area contributed by atoms with E-state index in [-0.39, 0.29) is 59.5 Å². The minimum atomic E-state index is -0.106. The monoisotopic (exact) mass is 543 g/mol. The van der Waals surface area contributed by atoms with Crippen LogP contribution in [0.4, 0.5) is 0 Å². The molecule has 1 saturated carbocycles. The third-order valence-corrected chi connectivity index (χ3v) is 7.47. The second kappa shape index (κ2) is 11.1. The highest BCUT2D eigenvalue weighted by Gasteiger charge is 2.58. The molecular weight excluding hydrogens is 505 g/mol. The van der Waals surface area contributed by atoms with Gasteiger partial charge in [0.05, 0.1) is 11.8 Å². The number of allylic oxidation sites excluding steroid dienone is 2. The Balaban J connectivity index is 0.00000272. The van der Waals surface area contributed by atoms with E-state index in [9.17, 15) is 9.59 Å². The number of nitrogens with one attached hydrogen (secondary N) is 2. The molecule has 2 aliphatic carbocycles. The van der Waals surface area contributed by atoms with Crippen LogP contribution in [0.3, 0.4) is 0 Å². The number of likely N-dealkylation sites (tertiary alicyclic amines) is 2. The number of hydrogen-bond acceptors (Lipinski definition) is 4. The Hall–Kier alpha value is -1.16. The molecule has 4 aliphatic rings. The fourth-order valence-corrected chi connectivity index (χ4v) is 5.85. The Kier molecular flexibility index (Phi) is 8.78. The first-order valence-corrected chi connectivity index (χ1v) is 11.9. The van der Waals surface area contributed by atoms with Gasteiger partial charge in [0.15, 0.2) is 5.96 Å². The van der Waals surface area contributed by atoms with E-state index in [0.717, 1.165) is 18.9 Å². The highest BCUT2D eigenvalue weighted by Crippen LogP contribution is 2.52. The van der Waals surface area contributed by atoms with E-state index >= 15 is 0 Å². The van der Waals surface area contributed by atoms with Crippen LogP contribution in [0.2, 0.25) is 0 Å². The molecule has 0 radical (unpaired) electrons. The van der Waals surface area contributed by atoms with Gasteiger partial charge < -0.3 is 10.6 Å². The van der Waals surface area contributed by atoms with E-state index in [0.29, 0.717) is 19.1 Å². The molecule has 2 aliphatic heterocycles. The zero-order valence-electron chi connectivity index (χ0n) is 18.9. The van der Waals surface area contributed by atoms with Crippen molar-refractivity contribution in [2.24, 2.45) is 28.7 Å². The number of guanidine groups is 1. The molecule has 31 heavy (non-hydrogen) atoms. The first-order chi connectivity index (χ1) is 14.6. The van der Waals surface area contributed by atoms with E-state index in [1.165, 1.54) is 50.1 Å². The van der Waals surface area contributed by atoms with Gasteiger partial charge >= 0.3 is 0 Å². The maximum absolute atomic E-state index is 12.8. The molecule has 5 atom stereocenters. The summed E-state index contributed by atoms with van der Waals surface area (Å²) in [6, 6.07) is 0.549. The number of rotatable bonds is 8. The molecule has 0 spiro atoms. The lowest BCUT2D eigenvalue weighted by molar-refractivity contribution is -0.140. The number of carbonyl (C=O) groups excluding carboxylic acids is 2. The van der Waals surface area contributed by atoms with Crippen LogP contribution in [0.1, 0.15) is 45.4 Å². The molecule has 0 aromatic rings. The Morgan fingerprint density at radius 2 is 1.81 bits per heavy atom. The summed E-state index contributed by atoms with van der Waals surface area (Å²) in [5.41, 5.74) is 0. The molecule has 3 fully saturated rings. The van der Waals surface area contributed by atoms with Gasteiger partial charge in [0.2, 0.25) is 11.8 Å². The molecule has 0 aromatic carbocycles. The molecule has 2 heterocycles. The van der Waals surface area contributed by atoms with Crippen LogP contribution in [0.25, 0.3) is 0 Å². The minimum absolute atomic E-state index is 0. The highest BCUT2D eigenvalue weighted by molar-refractivity contribution is 14.0. The molecule has 7 nitrogen and oxygen atoms in total. The van der Waals surface area contributed by atoms with Crippen molar-refractivity contribution in [2.45, 2.75) is 51.5 Å². The van der Waals surface area contributed by atoms with Crippen molar-refractivity contribution >= 4 is 41.8 Å². The summed E-state index contributed by atoms with van der Waals surface area (Å²) >= 11 is 0. The lowest BCUT2D eigenvalue weighted by atomic mass is 9.85. The Bertz CT molecular complexity index is 682. The number of piperidine rings is 1. The van der Waals surface area contributed by atoms with Gasteiger partial charge in [-0.1, -0.05) is 31.9 Å². The van der Waals surface area contributed by atoms with Gasteiger partial charge in [-0.25, -0.2) is 0 Å². The molecule has 174 valence electrons. The van der Waals surface area contributed by atoms with Crippen molar-refractivity contribution < 1.29 is 9.59 Å². The predicted molar refractivity (Wildman–Crippen MR) is 133 cm³/mol. The number of imide groups is 1. The number of carbonyl (C=O) groups is 2. The number of halogens is 1. The zero-order chi connectivity index (χ0) is 21.1. The van der Waals surface area contributed by atoms with Crippen LogP contribution in [-0.2, 0) is 9.59 Å². The molecule has 0 aromatic heterocycles. The van der Waals surface area contributed by atoms with Crippen molar-refractivity contribution in [1.29, 1.82) is 0 Å². The normalized spacial score (nSPS) is 32.4. The Labute approximate surface area is 203 Å². The van der Waals surface area contributed by atoms with Crippen molar-refractivity contribution in [3.8, 4) is 0 Å². The van der Waals surface area contributed by atoms with Crippen LogP contribution in [0.15, 0.2) is 17.1 Å². The standard InChI is InChI=1S/C23H37N5O2.HI/c1-3-4-11-27-12-6-5-7-18(27)15-26-23(24-2)25-10-13-28-21(29)19-16-8-9-17(14-16)20(19)22(28)30;/h8-9,16-20H,3-7,10-15H2,1-2H3,(H2,24,25,26);1H. The smallest absolute Gasteiger partial charge is 0.233 e. The van der Waals surface area contributed by atoms with Gasteiger partial charge in [-0.2, -0.15) is 0 Å². The predicted octanol–water partition coefficient (Wildman–Crippen LogP) is 2.23. The topological polar surface area (TPSA) is 77.0 Å².